The van der Waals surface area contributed by atoms with Crippen LogP contribution in [0.4, 0.5) is 0 Å². The SMILES string of the molecule is COc1ncnc2c1[nH]c(=S)n2CCCCCCSC. The van der Waals surface area contributed by atoms with Crippen molar-refractivity contribution in [2.75, 3.05) is 19.1 Å². The molecule has 2 aromatic heterocycles. The number of nitrogens with one attached hydrogen (secondary N) is 1. The minimum absolute atomic E-state index is 0.542. The van der Waals surface area contributed by atoms with Crippen LogP contribution in [0.2, 0.25) is 0 Å². The number of rotatable bonds is 8. The Morgan fingerprint density at radius 1 is 1.30 bits per heavy atom. The average Bonchev–Trinajstić information content (AvgIpc) is 2.78. The average molecular weight is 312 g/mol. The van der Waals surface area contributed by atoms with Crippen LogP contribution in [-0.4, -0.2) is 38.6 Å². The summed E-state index contributed by atoms with van der Waals surface area (Å²) in [4.78, 5) is 11.5. The summed E-state index contributed by atoms with van der Waals surface area (Å²) < 4.78 is 7.94. The molecule has 0 aromatic carbocycles. The predicted molar refractivity (Wildman–Crippen MR) is 86.1 cm³/mol. The van der Waals surface area contributed by atoms with Crippen molar-refractivity contribution >= 4 is 35.1 Å². The van der Waals surface area contributed by atoms with Gasteiger partial charge in [0.05, 0.1) is 7.11 Å². The monoisotopic (exact) mass is 312 g/mol. The number of aromatic amines is 1. The molecular formula is C13H20N4OS2. The van der Waals surface area contributed by atoms with E-state index in [0.29, 0.717) is 10.7 Å². The number of H-pyrrole nitrogens is 1. The molecule has 0 saturated heterocycles. The Balaban J connectivity index is 2.03. The number of imidazole rings is 1. The van der Waals surface area contributed by atoms with Gasteiger partial charge in [-0.15, -0.1) is 0 Å². The molecule has 0 amide bonds. The highest BCUT2D eigenvalue weighted by molar-refractivity contribution is 7.98. The van der Waals surface area contributed by atoms with Crippen molar-refractivity contribution in [1.29, 1.82) is 0 Å². The Morgan fingerprint density at radius 3 is 2.85 bits per heavy atom. The normalized spacial score (nSPS) is 11.1. The molecule has 2 rings (SSSR count). The van der Waals surface area contributed by atoms with Gasteiger partial charge in [0, 0.05) is 6.54 Å². The number of unbranched alkanes of at least 4 members (excludes halogenated alkanes) is 3. The van der Waals surface area contributed by atoms with Gasteiger partial charge >= 0.3 is 0 Å². The second kappa shape index (κ2) is 7.64. The van der Waals surface area contributed by atoms with Crippen LogP contribution in [0.1, 0.15) is 25.7 Å². The summed E-state index contributed by atoms with van der Waals surface area (Å²) in [5.74, 6) is 1.79. The van der Waals surface area contributed by atoms with Gasteiger partial charge in [0.25, 0.3) is 0 Å². The standard InChI is InChI=1S/C13H20N4OS2/c1-18-12-10-11(14-9-15-12)17(13(19)16-10)7-5-3-4-6-8-20-2/h9H,3-8H2,1-2H3,(H,16,19). The summed E-state index contributed by atoms with van der Waals surface area (Å²) in [6, 6.07) is 0. The van der Waals surface area contributed by atoms with Gasteiger partial charge in [-0.05, 0) is 37.1 Å². The van der Waals surface area contributed by atoms with E-state index in [2.05, 4.69) is 21.2 Å². The van der Waals surface area contributed by atoms with E-state index >= 15 is 0 Å². The number of nitrogens with zero attached hydrogens (tertiary/aromatic N) is 3. The van der Waals surface area contributed by atoms with Crippen LogP contribution >= 0.6 is 24.0 Å². The first-order valence-electron chi connectivity index (χ1n) is 6.74. The Kier molecular flexibility index (Phi) is 5.85. The summed E-state index contributed by atoms with van der Waals surface area (Å²) in [7, 11) is 1.60. The number of fused-ring (bicyclic) bond motifs is 1. The third-order valence-electron chi connectivity index (χ3n) is 3.20. The lowest BCUT2D eigenvalue weighted by atomic mass is 10.2. The van der Waals surface area contributed by atoms with Gasteiger partial charge in [-0.25, -0.2) is 4.98 Å². The maximum atomic E-state index is 5.36. The number of aromatic nitrogens is 4. The minimum atomic E-state index is 0.542. The molecule has 110 valence electrons. The molecule has 2 heterocycles. The molecule has 0 bridgehead atoms. The van der Waals surface area contributed by atoms with E-state index in [1.54, 1.807) is 7.11 Å². The zero-order valence-electron chi connectivity index (χ0n) is 11.9. The lowest BCUT2D eigenvalue weighted by Crippen LogP contribution is -2.00. The van der Waals surface area contributed by atoms with E-state index in [9.17, 15) is 0 Å². The van der Waals surface area contributed by atoms with Crippen LogP contribution in [0, 0.1) is 4.77 Å². The van der Waals surface area contributed by atoms with Crippen molar-refractivity contribution < 1.29 is 4.74 Å². The number of hydrogen-bond donors (Lipinski definition) is 1. The smallest absolute Gasteiger partial charge is 0.242 e. The molecule has 0 atom stereocenters. The number of ether oxygens (including phenoxy) is 1. The zero-order valence-corrected chi connectivity index (χ0v) is 13.5. The number of methoxy groups -OCH3 is 1. The molecule has 5 nitrogen and oxygen atoms in total. The summed E-state index contributed by atoms with van der Waals surface area (Å²) >= 11 is 7.27. The maximum Gasteiger partial charge on any atom is 0.242 e. The minimum Gasteiger partial charge on any atom is -0.479 e. The highest BCUT2D eigenvalue weighted by atomic mass is 32.2. The Labute approximate surface area is 128 Å². The molecule has 0 aliphatic heterocycles. The summed E-state index contributed by atoms with van der Waals surface area (Å²) in [5, 5.41) is 0. The molecule has 0 fully saturated rings. The topological polar surface area (TPSA) is 55.7 Å². The van der Waals surface area contributed by atoms with Gasteiger partial charge in [-0.3, -0.25) is 0 Å². The van der Waals surface area contributed by atoms with E-state index in [1.807, 2.05) is 16.3 Å². The molecular weight excluding hydrogens is 292 g/mol. The van der Waals surface area contributed by atoms with E-state index in [0.717, 1.165) is 24.1 Å². The van der Waals surface area contributed by atoms with Crippen LogP contribution in [0.25, 0.3) is 11.2 Å². The van der Waals surface area contributed by atoms with Gasteiger partial charge in [-0.2, -0.15) is 16.7 Å². The maximum absolute atomic E-state index is 5.36. The second-order valence-corrected chi connectivity index (χ2v) is 5.94. The van der Waals surface area contributed by atoms with E-state index in [4.69, 9.17) is 17.0 Å². The predicted octanol–water partition coefficient (Wildman–Crippen LogP) is 3.42. The first-order chi connectivity index (χ1) is 9.77. The van der Waals surface area contributed by atoms with E-state index < -0.39 is 0 Å². The number of thioether (sulfide) groups is 1. The van der Waals surface area contributed by atoms with Crippen LogP contribution in [-0.2, 0) is 6.54 Å². The van der Waals surface area contributed by atoms with Gasteiger partial charge in [0.1, 0.15) is 11.8 Å². The molecule has 2 aromatic rings. The van der Waals surface area contributed by atoms with Crippen molar-refractivity contribution in [3.63, 3.8) is 0 Å². The van der Waals surface area contributed by atoms with E-state index in [1.165, 1.54) is 31.3 Å². The third kappa shape index (κ3) is 3.52. The van der Waals surface area contributed by atoms with Crippen molar-refractivity contribution in [1.82, 2.24) is 19.5 Å². The third-order valence-corrected chi connectivity index (χ3v) is 4.22. The Bertz CT molecular complexity index is 608. The fraction of sp³-hybridized carbons (Fsp3) is 0.615. The Morgan fingerprint density at radius 2 is 2.10 bits per heavy atom. The highest BCUT2D eigenvalue weighted by Gasteiger charge is 2.10. The molecule has 20 heavy (non-hydrogen) atoms. The van der Waals surface area contributed by atoms with Gasteiger partial charge in [0.2, 0.25) is 5.88 Å². The molecule has 0 spiro atoms. The summed E-state index contributed by atoms with van der Waals surface area (Å²) in [6.07, 6.45) is 8.56. The molecule has 0 aliphatic carbocycles. The van der Waals surface area contributed by atoms with Gasteiger partial charge in [-0.1, -0.05) is 12.8 Å². The summed E-state index contributed by atoms with van der Waals surface area (Å²) in [5.41, 5.74) is 1.60. The number of aryl methyl sites for hydroxylation is 1. The van der Waals surface area contributed by atoms with Crippen LogP contribution in [0.5, 0.6) is 5.88 Å². The molecule has 1 N–H and O–H groups in total. The fourth-order valence-electron chi connectivity index (χ4n) is 2.18. The van der Waals surface area contributed by atoms with Gasteiger partial charge in [0.15, 0.2) is 10.4 Å². The van der Waals surface area contributed by atoms with Crippen molar-refractivity contribution in [3.8, 4) is 5.88 Å². The second-order valence-electron chi connectivity index (χ2n) is 4.57. The van der Waals surface area contributed by atoms with Crippen LogP contribution < -0.4 is 4.74 Å². The molecule has 0 unspecified atom stereocenters. The molecule has 0 saturated carbocycles. The highest BCUT2D eigenvalue weighted by Crippen LogP contribution is 2.20. The Hall–Kier alpha value is -1.08. The first kappa shape index (κ1) is 15.3. The van der Waals surface area contributed by atoms with Crippen molar-refractivity contribution in [3.05, 3.63) is 11.1 Å². The number of hydrogen-bond acceptors (Lipinski definition) is 5. The van der Waals surface area contributed by atoms with Crippen molar-refractivity contribution in [2.24, 2.45) is 0 Å². The largest absolute Gasteiger partial charge is 0.479 e. The van der Waals surface area contributed by atoms with Crippen LogP contribution in [0.15, 0.2) is 6.33 Å². The van der Waals surface area contributed by atoms with E-state index in [-0.39, 0.29) is 0 Å². The quantitative estimate of drug-likeness (QED) is 0.598. The van der Waals surface area contributed by atoms with Crippen molar-refractivity contribution in [2.45, 2.75) is 32.2 Å². The lowest BCUT2D eigenvalue weighted by molar-refractivity contribution is 0.401. The molecule has 0 radical (unpaired) electrons. The summed E-state index contributed by atoms with van der Waals surface area (Å²) in [6.45, 7) is 0.887. The van der Waals surface area contributed by atoms with Crippen LogP contribution in [0.3, 0.4) is 0 Å². The lowest BCUT2D eigenvalue weighted by Gasteiger charge is -2.04. The fourth-order valence-corrected chi connectivity index (χ4v) is 2.95. The molecule has 7 heteroatoms. The molecule has 0 aliphatic rings. The van der Waals surface area contributed by atoms with Gasteiger partial charge < -0.3 is 14.3 Å². The first-order valence-corrected chi connectivity index (χ1v) is 8.54. The zero-order chi connectivity index (χ0) is 14.4.